The van der Waals surface area contributed by atoms with Crippen LogP contribution in [0.5, 0.6) is 0 Å². The van der Waals surface area contributed by atoms with E-state index in [9.17, 15) is 9.59 Å². The van der Waals surface area contributed by atoms with Crippen LogP contribution in [0.2, 0.25) is 0 Å². The Bertz CT molecular complexity index is 778. The van der Waals surface area contributed by atoms with E-state index in [1.807, 2.05) is 19.1 Å². The van der Waals surface area contributed by atoms with Crippen LogP contribution in [-0.2, 0) is 14.3 Å². The number of hydrogen-bond donors (Lipinski definition) is 2. The lowest BCUT2D eigenvalue weighted by atomic mass is 10.1. The Morgan fingerprint density at radius 3 is 2.75 bits per heavy atom. The molecule has 2 N–H and O–H groups in total. The zero-order valence-electron chi connectivity index (χ0n) is 13.1. The molecule has 24 heavy (non-hydrogen) atoms. The predicted octanol–water partition coefficient (Wildman–Crippen LogP) is 2.02. The quantitative estimate of drug-likeness (QED) is 0.891. The number of aryl methyl sites for hydroxylation is 1. The summed E-state index contributed by atoms with van der Waals surface area (Å²) in [6.45, 7) is 1.88. The van der Waals surface area contributed by atoms with Crippen molar-refractivity contribution in [2.75, 3.05) is 5.32 Å². The molecule has 1 aromatic heterocycles. The average molecular weight is 327 g/mol. The number of hydrogen-bond acceptors (Lipinski definition) is 5. The highest BCUT2D eigenvalue weighted by Crippen LogP contribution is 2.23. The molecule has 2 atom stereocenters. The Morgan fingerprint density at radius 1 is 1.25 bits per heavy atom. The number of aromatic nitrogens is 2. The minimum Gasteiger partial charge on any atom is -0.479 e. The largest absolute Gasteiger partial charge is 0.479 e. The smallest absolute Gasteiger partial charge is 0.332 e. The summed E-state index contributed by atoms with van der Waals surface area (Å²) in [4.78, 5) is 31.7. The van der Waals surface area contributed by atoms with Gasteiger partial charge < -0.3 is 15.2 Å². The maximum Gasteiger partial charge on any atom is 0.332 e. The molecule has 0 bridgehead atoms. The van der Waals surface area contributed by atoms with Gasteiger partial charge in [0.25, 0.3) is 5.91 Å². The summed E-state index contributed by atoms with van der Waals surface area (Å²) < 4.78 is 5.25. The molecule has 0 unspecified atom stereocenters. The van der Waals surface area contributed by atoms with Gasteiger partial charge in [-0.05, 0) is 38.0 Å². The minimum absolute atomic E-state index is 0.338. The van der Waals surface area contributed by atoms with E-state index in [4.69, 9.17) is 9.84 Å². The molecule has 0 spiro atoms. The van der Waals surface area contributed by atoms with Gasteiger partial charge in [-0.15, -0.1) is 0 Å². The molecule has 1 saturated heterocycles. The number of carbonyl (C=O) groups excluding carboxylic acids is 1. The van der Waals surface area contributed by atoms with E-state index in [0.717, 1.165) is 11.3 Å². The van der Waals surface area contributed by atoms with Gasteiger partial charge in [-0.2, -0.15) is 0 Å². The molecule has 7 nitrogen and oxygen atoms in total. The summed E-state index contributed by atoms with van der Waals surface area (Å²) in [6.07, 6.45) is 0.757. The van der Waals surface area contributed by atoms with E-state index < -0.39 is 18.2 Å². The van der Waals surface area contributed by atoms with Crippen LogP contribution in [0.25, 0.3) is 11.4 Å². The number of ether oxygens (including phenoxy) is 1. The van der Waals surface area contributed by atoms with Crippen LogP contribution >= 0.6 is 0 Å². The number of carboxylic acids is 1. The molecule has 1 amide bonds. The number of amides is 1. The Hall–Kier alpha value is -2.80. The lowest BCUT2D eigenvalue weighted by molar-refractivity contribution is -0.150. The summed E-state index contributed by atoms with van der Waals surface area (Å²) in [5, 5.41) is 11.7. The number of carbonyl (C=O) groups is 2. The van der Waals surface area contributed by atoms with Gasteiger partial charge in [0.15, 0.2) is 11.9 Å². The van der Waals surface area contributed by atoms with E-state index in [1.54, 1.807) is 24.4 Å². The van der Waals surface area contributed by atoms with Gasteiger partial charge in [0, 0.05) is 23.1 Å². The Balaban J connectivity index is 1.71. The van der Waals surface area contributed by atoms with Crippen LogP contribution in [-0.4, -0.2) is 39.2 Å². The molecule has 1 fully saturated rings. The number of benzene rings is 1. The van der Waals surface area contributed by atoms with Crippen LogP contribution in [0, 0.1) is 6.92 Å². The SMILES string of the molecule is Cc1ccnc(-c2cccc(NC(=O)[C@@H]3CC[C@H](C(=O)O)O3)c2)n1. The molecule has 1 aliphatic heterocycles. The van der Waals surface area contributed by atoms with Gasteiger partial charge in [-0.3, -0.25) is 4.79 Å². The van der Waals surface area contributed by atoms with E-state index >= 15 is 0 Å². The highest BCUT2D eigenvalue weighted by atomic mass is 16.5. The second kappa shape index (κ2) is 6.76. The van der Waals surface area contributed by atoms with Crippen LogP contribution in [0.1, 0.15) is 18.5 Å². The fourth-order valence-corrected chi connectivity index (χ4v) is 2.56. The second-order valence-corrected chi connectivity index (χ2v) is 5.62. The fourth-order valence-electron chi connectivity index (χ4n) is 2.56. The van der Waals surface area contributed by atoms with Gasteiger partial charge in [0.1, 0.15) is 6.10 Å². The van der Waals surface area contributed by atoms with Crippen molar-refractivity contribution >= 4 is 17.6 Å². The fraction of sp³-hybridized carbons (Fsp3) is 0.294. The third-order valence-corrected chi connectivity index (χ3v) is 3.77. The van der Waals surface area contributed by atoms with Crippen LogP contribution < -0.4 is 5.32 Å². The molecule has 1 aromatic carbocycles. The summed E-state index contributed by atoms with van der Waals surface area (Å²) >= 11 is 0. The Kier molecular flexibility index (Phi) is 4.52. The van der Waals surface area contributed by atoms with Crippen molar-refractivity contribution in [2.45, 2.75) is 32.0 Å². The standard InChI is InChI=1S/C17H17N3O4/c1-10-7-8-18-15(19-10)11-3-2-4-12(9-11)20-16(21)13-5-6-14(24-13)17(22)23/h2-4,7-9,13-14H,5-6H2,1H3,(H,20,21)(H,22,23)/t13-,14+/m0/s1. The number of anilines is 1. The highest BCUT2D eigenvalue weighted by Gasteiger charge is 2.34. The van der Waals surface area contributed by atoms with E-state index in [-0.39, 0.29) is 5.91 Å². The van der Waals surface area contributed by atoms with Gasteiger partial charge in [0.05, 0.1) is 0 Å². The molecule has 124 valence electrons. The summed E-state index contributed by atoms with van der Waals surface area (Å²) in [7, 11) is 0. The number of rotatable bonds is 4. The molecule has 2 heterocycles. The zero-order valence-corrected chi connectivity index (χ0v) is 13.1. The summed E-state index contributed by atoms with van der Waals surface area (Å²) in [6, 6.07) is 8.99. The molecule has 2 aromatic rings. The van der Waals surface area contributed by atoms with Crippen molar-refractivity contribution in [2.24, 2.45) is 0 Å². The molecule has 0 radical (unpaired) electrons. The molecular formula is C17H17N3O4. The van der Waals surface area contributed by atoms with Crippen molar-refractivity contribution in [1.29, 1.82) is 0 Å². The van der Waals surface area contributed by atoms with Crippen molar-refractivity contribution in [1.82, 2.24) is 9.97 Å². The predicted molar refractivity (Wildman–Crippen MR) is 86.4 cm³/mol. The van der Waals surface area contributed by atoms with Gasteiger partial charge in [0.2, 0.25) is 0 Å². The number of nitrogens with one attached hydrogen (secondary N) is 1. The minimum atomic E-state index is -1.04. The third-order valence-electron chi connectivity index (χ3n) is 3.77. The van der Waals surface area contributed by atoms with Crippen LogP contribution in [0.15, 0.2) is 36.5 Å². The van der Waals surface area contributed by atoms with Crippen molar-refractivity contribution < 1.29 is 19.4 Å². The molecule has 1 aliphatic rings. The van der Waals surface area contributed by atoms with Crippen molar-refractivity contribution in [3.63, 3.8) is 0 Å². The van der Waals surface area contributed by atoms with E-state index in [0.29, 0.717) is 24.4 Å². The molecule has 0 saturated carbocycles. The average Bonchev–Trinajstić information content (AvgIpc) is 3.05. The lowest BCUT2D eigenvalue weighted by Crippen LogP contribution is -2.29. The normalized spacial score (nSPS) is 19.9. The van der Waals surface area contributed by atoms with Crippen LogP contribution in [0.3, 0.4) is 0 Å². The monoisotopic (exact) mass is 327 g/mol. The lowest BCUT2D eigenvalue weighted by Gasteiger charge is -2.12. The molecule has 3 rings (SSSR count). The maximum atomic E-state index is 12.2. The third kappa shape index (κ3) is 3.57. The topological polar surface area (TPSA) is 101 Å². The first-order valence-electron chi connectivity index (χ1n) is 7.62. The van der Waals surface area contributed by atoms with Crippen molar-refractivity contribution in [3.8, 4) is 11.4 Å². The summed E-state index contributed by atoms with van der Waals surface area (Å²) in [5.74, 6) is -0.806. The summed E-state index contributed by atoms with van der Waals surface area (Å²) in [5.41, 5.74) is 2.23. The first-order chi connectivity index (χ1) is 11.5. The molecule has 0 aliphatic carbocycles. The first kappa shape index (κ1) is 16.1. The molecule has 7 heteroatoms. The second-order valence-electron chi connectivity index (χ2n) is 5.62. The van der Waals surface area contributed by atoms with Gasteiger partial charge in [-0.1, -0.05) is 12.1 Å². The van der Waals surface area contributed by atoms with Crippen molar-refractivity contribution in [3.05, 3.63) is 42.2 Å². The molecular weight excluding hydrogens is 310 g/mol. The zero-order chi connectivity index (χ0) is 17.1. The van der Waals surface area contributed by atoms with Gasteiger partial charge >= 0.3 is 5.97 Å². The number of nitrogens with zero attached hydrogens (tertiary/aromatic N) is 2. The number of carboxylic acid groups (broad SMARTS) is 1. The van der Waals surface area contributed by atoms with Gasteiger partial charge in [-0.25, -0.2) is 14.8 Å². The Morgan fingerprint density at radius 2 is 2.04 bits per heavy atom. The van der Waals surface area contributed by atoms with E-state index in [2.05, 4.69) is 15.3 Å². The highest BCUT2D eigenvalue weighted by molar-refractivity contribution is 5.95. The van der Waals surface area contributed by atoms with E-state index in [1.165, 1.54) is 0 Å². The maximum absolute atomic E-state index is 12.2. The number of aliphatic carboxylic acids is 1. The van der Waals surface area contributed by atoms with Crippen LogP contribution in [0.4, 0.5) is 5.69 Å². The first-order valence-corrected chi connectivity index (χ1v) is 7.62. The Labute approximate surface area is 138 Å².